The fourth-order valence-electron chi connectivity index (χ4n) is 3.89. The van der Waals surface area contributed by atoms with Crippen LogP contribution in [0.4, 0.5) is 0 Å². The van der Waals surface area contributed by atoms with E-state index in [4.69, 9.17) is 17.3 Å². The van der Waals surface area contributed by atoms with Crippen LogP contribution in [0.1, 0.15) is 35.2 Å². The lowest BCUT2D eigenvalue weighted by Gasteiger charge is -2.49. The van der Waals surface area contributed by atoms with Crippen LogP contribution in [0, 0.1) is 0 Å². The number of hydrogen-bond acceptors (Lipinski definition) is 2. The normalized spacial score (nSPS) is 18.5. The Hall–Kier alpha value is -2.13. The summed E-state index contributed by atoms with van der Waals surface area (Å²) in [5, 5.41) is 0.748. The molecular formula is C23H23ClN2. The molecule has 1 aliphatic heterocycles. The molecule has 0 unspecified atom stereocenters. The minimum atomic E-state index is -0.0176. The number of nitrogens with two attached hydrogens (primary N) is 1. The summed E-state index contributed by atoms with van der Waals surface area (Å²) >= 11 is 6.03. The summed E-state index contributed by atoms with van der Waals surface area (Å²) in [5.41, 5.74) is 10.4. The summed E-state index contributed by atoms with van der Waals surface area (Å²) in [4.78, 5) is 2.53. The maximum absolute atomic E-state index is 6.65. The van der Waals surface area contributed by atoms with Gasteiger partial charge in [-0.15, -0.1) is 0 Å². The lowest BCUT2D eigenvalue weighted by atomic mass is 9.85. The molecule has 2 N–H and O–H groups in total. The maximum atomic E-state index is 6.65. The highest BCUT2D eigenvalue weighted by Crippen LogP contribution is 2.39. The topological polar surface area (TPSA) is 29.3 Å². The first-order valence-electron chi connectivity index (χ1n) is 9.11. The van der Waals surface area contributed by atoms with Crippen LogP contribution < -0.4 is 5.73 Å². The molecule has 1 heterocycles. The van der Waals surface area contributed by atoms with E-state index in [0.29, 0.717) is 6.04 Å². The number of likely N-dealkylation sites (tertiary alicyclic amines) is 1. The van der Waals surface area contributed by atoms with E-state index in [1.807, 2.05) is 24.3 Å². The molecule has 1 aliphatic rings. The van der Waals surface area contributed by atoms with Crippen LogP contribution in [0.3, 0.4) is 0 Å². The van der Waals surface area contributed by atoms with E-state index >= 15 is 0 Å². The maximum Gasteiger partial charge on any atom is 0.0604 e. The lowest BCUT2D eigenvalue weighted by Crippen LogP contribution is -2.54. The van der Waals surface area contributed by atoms with Crippen LogP contribution in [0.25, 0.3) is 0 Å². The largest absolute Gasteiger partial charge is 0.323 e. The van der Waals surface area contributed by atoms with Crippen LogP contribution in [0.15, 0.2) is 84.9 Å². The van der Waals surface area contributed by atoms with E-state index in [2.05, 4.69) is 65.6 Å². The average molecular weight is 363 g/mol. The van der Waals surface area contributed by atoms with Crippen LogP contribution >= 0.6 is 11.6 Å². The highest BCUT2D eigenvalue weighted by molar-refractivity contribution is 6.30. The highest BCUT2D eigenvalue weighted by atomic mass is 35.5. The van der Waals surface area contributed by atoms with Crippen molar-refractivity contribution >= 4 is 11.6 Å². The van der Waals surface area contributed by atoms with Gasteiger partial charge in [0.15, 0.2) is 0 Å². The van der Waals surface area contributed by atoms with Crippen molar-refractivity contribution in [1.29, 1.82) is 0 Å². The summed E-state index contributed by atoms with van der Waals surface area (Å²) in [5.74, 6) is 0. The third-order valence-corrected chi connectivity index (χ3v) is 5.59. The van der Waals surface area contributed by atoms with Gasteiger partial charge >= 0.3 is 0 Å². The van der Waals surface area contributed by atoms with Gasteiger partial charge in [-0.1, -0.05) is 84.4 Å². The van der Waals surface area contributed by atoms with Gasteiger partial charge in [-0.3, -0.25) is 4.90 Å². The Balaban J connectivity index is 1.65. The molecule has 3 aromatic rings. The Morgan fingerprint density at radius 3 is 1.77 bits per heavy atom. The first-order chi connectivity index (χ1) is 12.7. The van der Waals surface area contributed by atoms with Gasteiger partial charge in [0.1, 0.15) is 0 Å². The van der Waals surface area contributed by atoms with E-state index in [1.54, 1.807) is 0 Å². The van der Waals surface area contributed by atoms with Crippen LogP contribution in [0.5, 0.6) is 0 Å². The quantitative estimate of drug-likeness (QED) is 0.675. The number of rotatable bonds is 5. The number of hydrogen-bond donors (Lipinski definition) is 1. The second-order valence-electron chi connectivity index (χ2n) is 6.90. The Kier molecular flexibility index (Phi) is 5.07. The van der Waals surface area contributed by atoms with Crippen molar-refractivity contribution in [2.45, 2.75) is 24.5 Å². The molecule has 1 saturated heterocycles. The summed E-state index contributed by atoms with van der Waals surface area (Å²) in [6.07, 6.45) is 1.11. The van der Waals surface area contributed by atoms with Crippen molar-refractivity contribution in [3.05, 3.63) is 107 Å². The molecule has 1 fully saturated rings. The van der Waals surface area contributed by atoms with Gasteiger partial charge in [-0.25, -0.2) is 0 Å². The molecule has 4 rings (SSSR count). The second-order valence-corrected chi connectivity index (χ2v) is 7.33. The van der Waals surface area contributed by atoms with E-state index in [0.717, 1.165) is 23.6 Å². The minimum absolute atomic E-state index is 0.0176. The zero-order valence-electron chi connectivity index (χ0n) is 14.6. The molecule has 0 aliphatic carbocycles. The van der Waals surface area contributed by atoms with Gasteiger partial charge in [0.2, 0.25) is 0 Å². The fourth-order valence-corrected chi connectivity index (χ4v) is 4.01. The van der Waals surface area contributed by atoms with Crippen LogP contribution in [-0.4, -0.2) is 17.5 Å². The Morgan fingerprint density at radius 1 is 0.769 bits per heavy atom. The first kappa shape index (κ1) is 17.3. The van der Waals surface area contributed by atoms with Crippen molar-refractivity contribution in [2.24, 2.45) is 5.73 Å². The molecule has 2 atom stereocenters. The standard InChI is InChI=1S/C23H23ClN2/c24-20-13-11-17(12-14-20)22(25)21-15-16-26(21)23(18-7-3-1-4-8-18)19-9-5-2-6-10-19/h1-14,21-23H,15-16,25H2/t21-,22-/m0/s1. The minimum Gasteiger partial charge on any atom is -0.323 e. The van der Waals surface area contributed by atoms with Gasteiger partial charge < -0.3 is 5.73 Å². The van der Waals surface area contributed by atoms with Gasteiger partial charge in [0.05, 0.1) is 6.04 Å². The Labute approximate surface area is 160 Å². The molecule has 3 heteroatoms. The zero-order chi connectivity index (χ0) is 17.9. The average Bonchev–Trinajstić information content (AvgIpc) is 2.67. The van der Waals surface area contributed by atoms with Gasteiger partial charge in [0.25, 0.3) is 0 Å². The monoisotopic (exact) mass is 362 g/mol. The molecule has 3 aromatic carbocycles. The fraction of sp³-hybridized carbons (Fsp3) is 0.217. The number of nitrogens with zero attached hydrogens (tertiary/aromatic N) is 1. The van der Waals surface area contributed by atoms with Crippen molar-refractivity contribution in [3.8, 4) is 0 Å². The molecule has 0 radical (unpaired) electrons. The van der Waals surface area contributed by atoms with E-state index < -0.39 is 0 Å². The number of halogens is 1. The predicted molar refractivity (Wildman–Crippen MR) is 108 cm³/mol. The summed E-state index contributed by atoms with van der Waals surface area (Å²) in [6, 6.07) is 29.9. The van der Waals surface area contributed by atoms with E-state index in [-0.39, 0.29) is 12.1 Å². The molecule has 2 nitrogen and oxygen atoms in total. The van der Waals surface area contributed by atoms with Crippen LogP contribution in [0.2, 0.25) is 5.02 Å². The third-order valence-electron chi connectivity index (χ3n) is 5.34. The molecule has 0 bridgehead atoms. The van der Waals surface area contributed by atoms with Crippen molar-refractivity contribution in [2.75, 3.05) is 6.54 Å². The summed E-state index contributed by atoms with van der Waals surface area (Å²) in [7, 11) is 0. The third kappa shape index (κ3) is 3.41. The molecule has 0 spiro atoms. The van der Waals surface area contributed by atoms with Gasteiger partial charge in [-0.2, -0.15) is 0 Å². The van der Waals surface area contributed by atoms with E-state index in [1.165, 1.54) is 11.1 Å². The van der Waals surface area contributed by atoms with Crippen LogP contribution in [-0.2, 0) is 0 Å². The van der Waals surface area contributed by atoms with E-state index in [9.17, 15) is 0 Å². The first-order valence-corrected chi connectivity index (χ1v) is 9.48. The smallest absolute Gasteiger partial charge is 0.0604 e. The Bertz CT molecular complexity index is 794. The Morgan fingerprint density at radius 2 is 1.31 bits per heavy atom. The molecule has 0 amide bonds. The SMILES string of the molecule is N[C@@H](c1ccc(Cl)cc1)[C@@H]1CCN1C(c1ccccc1)c1ccccc1. The van der Waals surface area contributed by atoms with Gasteiger partial charge in [-0.05, 0) is 35.2 Å². The zero-order valence-corrected chi connectivity index (χ0v) is 15.4. The summed E-state index contributed by atoms with van der Waals surface area (Å²) in [6.45, 7) is 1.06. The molecule has 132 valence electrons. The van der Waals surface area contributed by atoms with Gasteiger partial charge in [0, 0.05) is 23.7 Å². The van der Waals surface area contributed by atoms with Crippen molar-refractivity contribution in [1.82, 2.24) is 4.90 Å². The molecule has 0 aromatic heterocycles. The second kappa shape index (κ2) is 7.63. The molecule has 26 heavy (non-hydrogen) atoms. The van der Waals surface area contributed by atoms with Crippen molar-refractivity contribution in [3.63, 3.8) is 0 Å². The lowest BCUT2D eigenvalue weighted by molar-refractivity contribution is 0.0393. The summed E-state index contributed by atoms with van der Waals surface area (Å²) < 4.78 is 0. The predicted octanol–water partition coefficient (Wildman–Crippen LogP) is 5.20. The number of benzene rings is 3. The highest BCUT2D eigenvalue weighted by Gasteiger charge is 2.39. The van der Waals surface area contributed by atoms with Crippen molar-refractivity contribution < 1.29 is 0 Å². The molecular weight excluding hydrogens is 340 g/mol. The molecule has 0 saturated carbocycles.